The van der Waals surface area contributed by atoms with Gasteiger partial charge >= 0.3 is 0 Å². The summed E-state index contributed by atoms with van der Waals surface area (Å²) in [6, 6.07) is 16.4. The Morgan fingerprint density at radius 2 is 1.73 bits per heavy atom. The minimum Gasteiger partial charge on any atom is -0.284 e. The van der Waals surface area contributed by atoms with E-state index >= 15 is 0 Å². The van der Waals surface area contributed by atoms with Gasteiger partial charge in [0.1, 0.15) is 5.01 Å². The largest absolute Gasteiger partial charge is 0.284 e. The molecule has 2 heterocycles. The van der Waals surface area contributed by atoms with Gasteiger partial charge in [-0.3, -0.25) is 9.69 Å². The lowest BCUT2D eigenvalue weighted by molar-refractivity contribution is -0.117. The molecule has 0 aliphatic rings. The van der Waals surface area contributed by atoms with Gasteiger partial charge in [-0.2, -0.15) is 0 Å². The van der Waals surface area contributed by atoms with Gasteiger partial charge in [-0.05, 0) is 12.1 Å². The second-order valence-electron chi connectivity index (χ2n) is 7.29. The van der Waals surface area contributed by atoms with Crippen molar-refractivity contribution in [2.24, 2.45) is 0 Å². The van der Waals surface area contributed by atoms with Crippen molar-refractivity contribution in [2.45, 2.75) is 11.3 Å². The van der Waals surface area contributed by atoms with Gasteiger partial charge in [0.2, 0.25) is 5.91 Å². The fourth-order valence-electron chi connectivity index (χ4n) is 3.16. The third-order valence-electron chi connectivity index (χ3n) is 4.82. The summed E-state index contributed by atoms with van der Waals surface area (Å²) >= 11 is 2.87. The Balaban J connectivity index is 1.52. The molecular weight excluding hydrogens is 474 g/mol. The van der Waals surface area contributed by atoms with Crippen molar-refractivity contribution in [2.75, 3.05) is 17.7 Å². The number of hydrogen-bond acceptors (Lipinski definition) is 7. The lowest BCUT2D eigenvalue weighted by Crippen LogP contribution is -2.32. The van der Waals surface area contributed by atoms with E-state index in [-0.39, 0.29) is 17.2 Å². The van der Waals surface area contributed by atoms with Crippen LogP contribution in [0, 0.1) is 0 Å². The first-order valence-corrected chi connectivity index (χ1v) is 13.7. The van der Waals surface area contributed by atoms with Crippen LogP contribution in [-0.4, -0.2) is 37.1 Å². The number of nitrogens with zero attached hydrogens (tertiary/aromatic N) is 3. The Labute approximate surface area is 200 Å². The summed E-state index contributed by atoms with van der Waals surface area (Å²) in [7, 11) is -3.26. The summed E-state index contributed by atoms with van der Waals surface area (Å²) < 4.78 is 23.4. The zero-order chi connectivity index (χ0) is 23.4. The first-order chi connectivity index (χ1) is 15.8. The van der Waals surface area contributed by atoms with E-state index in [2.05, 4.69) is 16.5 Å². The predicted octanol–water partition coefficient (Wildman–Crippen LogP) is 5.10. The molecule has 0 bridgehead atoms. The summed E-state index contributed by atoms with van der Waals surface area (Å²) in [4.78, 5) is 24.2. The molecule has 0 N–H and O–H groups in total. The monoisotopic (exact) mass is 495 g/mol. The number of amides is 1. The molecule has 0 radical (unpaired) electrons. The maximum atomic E-state index is 13.1. The molecule has 0 spiro atoms. The Morgan fingerprint density at radius 3 is 2.39 bits per heavy atom. The topological polar surface area (TPSA) is 80.2 Å². The van der Waals surface area contributed by atoms with Crippen LogP contribution in [0.4, 0.5) is 5.13 Å². The summed E-state index contributed by atoms with van der Waals surface area (Å²) in [6.07, 6.45) is 3.00. The normalized spacial score (nSPS) is 11.3. The average Bonchev–Trinajstić information content (AvgIpc) is 3.48. The van der Waals surface area contributed by atoms with Gasteiger partial charge in [-0.15, -0.1) is 29.3 Å². The Morgan fingerprint density at radius 1 is 1.00 bits per heavy atom. The predicted molar refractivity (Wildman–Crippen MR) is 134 cm³/mol. The number of sulfone groups is 1. The molecule has 0 atom stereocenters. The average molecular weight is 496 g/mol. The number of rotatable bonds is 8. The van der Waals surface area contributed by atoms with Gasteiger partial charge in [-0.25, -0.2) is 18.4 Å². The van der Waals surface area contributed by atoms with Crippen LogP contribution in [0.5, 0.6) is 0 Å². The minimum atomic E-state index is -3.26. The number of benzene rings is 2. The second-order valence-corrected chi connectivity index (χ2v) is 11.0. The van der Waals surface area contributed by atoms with Crippen LogP contribution in [0.2, 0.25) is 0 Å². The zero-order valence-corrected chi connectivity index (χ0v) is 20.3. The molecule has 0 fully saturated rings. The molecule has 33 heavy (non-hydrogen) atoms. The van der Waals surface area contributed by atoms with E-state index in [1.54, 1.807) is 35.2 Å². The fraction of sp³-hybridized carbons (Fsp3) is 0.125. The third kappa shape index (κ3) is 5.44. The first-order valence-electron chi connectivity index (χ1n) is 10.0. The van der Waals surface area contributed by atoms with Gasteiger partial charge in [0.05, 0.1) is 22.7 Å². The molecule has 0 unspecified atom stereocenters. The highest BCUT2D eigenvalue weighted by molar-refractivity contribution is 7.90. The molecular formula is C24H21N3O3S3. The highest BCUT2D eigenvalue weighted by Crippen LogP contribution is 2.29. The van der Waals surface area contributed by atoms with E-state index in [1.165, 1.54) is 28.9 Å². The van der Waals surface area contributed by atoms with Crippen LogP contribution in [0.3, 0.4) is 0 Å². The van der Waals surface area contributed by atoms with Crippen LogP contribution in [0.25, 0.3) is 21.8 Å². The highest BCUT2D eigenvalue weighted by atomic mass is 32.2. The van der Waals surface area contributed by atoms with Gasteiger partial charge in [0.15, 0.2) is 15.0 Å². The molecule has 2 aromatic heterocycles. The van der Waals surface area contributed by atoms with Gasteiger partial charge in [-0.1, -0.05) is 48.5 Å². The van der Waals surface area contributed by atoms with Crippen LogP contribution in [0.15, 0.2) is 82.9 Å². The molecule has 0 aliphatic heterocycles. The van der Waals surface area contributed by atoms with E-state index < -0.39 is 9.84 Å². The molecule has 1 amide bonds. The minimum absolute atomic E-state index is 0.117. The standard InChI is InChI=1S/C24H21N3O3S3/c1-3-13-27(22(28)14-19-15-31-23(25-19)18-7-5-4-6-8-18)24-26-21(16-32-24)17-9-11-20(12-10-17)33(2,29)30/h3-12,15-16H,1,13-14H2,2H3. The summed E-state index contributed by atoms with van der Waals surface area (Å²) in [6.45, 7) is 4.10. The SMILES string of the molecule is C=CCN(C(=O)Cc1csc(-c2ccccc2)n1)c1nc(-c2ccc(S(C)(=O)=O)cc2)cs1. The molecule has 2 aromatic carbocycles. The van der Waals surface area contributed by atoms with Crippen LogP contribution >= 0.6 is 22.7 Å². The number of aromatic nitrogens is 2. The van der Waals surface area contributed by atoms with Crippen LogP contribution < -0.4 is 4.90 Å². The van der Waals surface area contributed by atoms with E-state index in [9.17, 15) is 13.2 Å². The first kappa shape index (κ1) is 23.0. The molecule has 0 saturated carbocycles. The zero-order valence-electron chi connectivity index (χ0n) is 17.8. The van der Waals surface area contributed by atoms with Crippen molar-refractivity contribution < 1.29 is 13.2 Å². The van der Waals surface area contributed by atoms with E-state index in [0.717, 1.165) is 16.1 Å². The highest BCUT2D eigenvalue weighted by Gasteiger charge is 2.20. The number of carbonyl (C=O) groups is 1. The van der Waals surface area contributed by atoms with Crippen molar-refractivity contribution in [1.82, 2.24) is 9.97 Å². The quantitative estimate of drug-likeness (QED) is 0.318. The van der Waals surface area contributed by atoms with E-state index in [0.29, 0.717) is 23.1 Å². The van der Waals surface area contributed by atoms with Gasteiger partial charge in [0, 0.05) is 34.7 Å². The van der Waals surface area contributed by atoms with Gasteiger partial charge in [0.25, 0.3) is 0 Å². The number of anilines is 1. The van der Waals surface area contributed by atoms with Crippen molar-refractivity contribution in [3.63, 3.8) is 0 Å². The molecule has 0 saturated heterocycles. The van der Waals surface area contributed by atoms with Crippen molar-refractivity contribution in [1.29, 1.82) is 0 Å². The Kier molecular flexibility index (Phi) is 6.83. The third-order valence-corrected chi connectivity index (χ3v) is 7.75. The maximum Gasteiger partial charge on any atom is 0.235 e. The van der Waals surface area contributed by atoms with Crippen LogP contribution in [-0.2, 0) is 21.1 Å². The number of thiazole rings is 2. The lowest BCUT2D eigenvalue weighted by Gasteiger charge is -2.17. The maximum absolute atomic E-state index is 13.1. The fourth-order valence-corrected chi connectivity index (χ4v) is 5.48. The molecule has 168 valence electrons. The van der Waals surface area contributed by atoms with Crippen molar-refractivity contribution in [3.8, 4) is 21.8 Å². The van der Waals surface area contributed by atoms with Crippen molar-refractivity contribution in [3.05, 3.63) is 83.7 Å². The molecule has 9 heteroatoms. The smallest absolute Gasteiger partial charge is 0.235 e. The van der Waals surface area contributed by atoms with E-state index in [4.69, 9.17) is 0 Å². The molecule has 4 rings (SSSR count). The molecule has 6 nitrogen and oxygen atoms in total. The Hall–Kier alpha value is -3.14. The summed E-state index contributed by atoms with van der Waals surface area (Å²) in [5.41, 5.74) is 3.20. The van der Waals surface area contributed by atoms with E-state index in [1.807, 2.05) is 41.1 Å². The number of hydrogen-bond donors (Lipinski definition) is 0. The van der Waals surface area contributed by atoms with Gasteiger partial charge < -0.3 is 0 Å². The summed E-state index contributed by atoms with van der Waals surface area (Å²) in [5, 5.41) is 5.19. The van der Waals surface area contributed by atoms with Crippen molar-refractivity contribution >= 4 is 43.5 Å². The van der Waals surface area contributed by atoms with Crippen LogP contribution in [0.1, 0.15) is 5.69 Å². The second kappa shape index (κ2) is 9.78. The Bertz CT molecular complexity index is 1380. The molecule has 4 aromatic rings. The molecule has 0 aliphatic carbocycles. The summed E-state index contributed by atoms with van der Waals surface area (Å²) in [5.74, 6) is -0.117. The lowest BCUT2D eigenvalue weighted by atomic mass is 10.2. The number of carbonyl (C=O) groups excluding carboxylic acids is 1.